The molecule has 0 aliphatic carbocycles. The lowest BCUT2D eigenvalue weighted by Gasteiger charge is -2.05. The van der Waals surface area contributed by atoms with Crippen molar-refractivity contribution in [3.63, 3.8) is 0 Å². The molecule has 0 unspecified atom stereocenters. The minimum absolute atomic E-state index is 0.143. The van der Waals surface area contributed by atoms with E-state index in [9.17, 15) is 9.59 Å². The SMILES string of the molecule is CCOC(=O)CCNC(=O)c1cnn2c(C)cc(C)nc12. The summed E-state index contributed by atoms with van der Waals surface area (Å²) in [5.41, 5.74) is 2.64. The molecule has 0 fully saturated rings. The van der Waals surface area contributed by atoms with Crippen molar-refractivity contribution < 1.29 is 14.3 Å². The second kappa shape index (κ2) is 6.34. The number of ether oxygens (including phenoxy) is 1. The van der Waals surface area contributed by atoms with E-state index in [1.807, 2.05) is 19.9 Å². The van der Waals surface area contributed by atoms with Crippen molar-refractivity contribution in [2.24, 2.45) is 0 Å². The van der Waals surface area contributed by atoms with Gasteiger partial charge in [0.05, 0.1) is 19.2 Å². The van der Waals surface area contributed by atoms with Crippen LogP contribution in [0.1, 0.15) is 35.1 Å². The van der Waals surface area contributed by atoms with Crippen molar-refractivity contribution in [1.29, 1.82) is 0 Å². The standard InChI is InChI=1S/C14H18N4O3/c1-4-21-12(19)5-6-15-14(20)11-8-16-18-10(3)7-9(2)17-13(11)18/h7-8H,4-6H2,1-3H3,(H,15,20). The van der Waals surface area contributed by atoms with E-state index < -0.39 is 0 Å². The van der Waals surface area contributed by atoms with Gasteiger partial charge in [-0.1, -0.05) is 0 Å². The number of esters is 1. The first-order valence-electron chi connectivity index (χ1n) is 6.78. The Morgan fingerprint density at radius 3 is 2.86 bits per heavy atom. The van der Waals surface area contributed by atoms with E-state index in [1.54, 1.807) is 11.4 Å². The van der Waals surface area contributed by atoms with E-state index >= 15 is 0 Å². The molecule has 7 heteroatoms. The van der Waals surface area contributed by atoms with Gasteiger partial charge in [-0.25, -0.2) is 9.50 Å². The number of aryl methyl sites for hydroxylation is 2. The zero-order valence-corrected chi connectivity index (χ0v) is 12.3. The molecule has 0 aromatic carbocycles. The van der Waals surface area contributed by atoms with E-state index in [-0.39, 0.29) is 24.8 Å². The average molecular weight is 290 g/mol. The number of carbonyl (C=O) groups is 2. The second-order valence-electron chi connectivity index (χ2n) is 4.64. The monoisotopic (exact) mass is 290 g/mol. The molecule has 0 bridgehead atoms. The predicted octanol–water partition coefficient (Wildman–Crippen LogP) is 1.03. The molecule has 2 heterocycles. The summed E-state index contributed by atoms with van der Waals surface area (Å²) in [7, 11) is 0. The Morgan fingerprint density at radius 2 is 2.14 bits per heavy atom. The maximum Gasteiger partial charge on any atom is 0.307 e. The quantitative estimate of drug-likeness (QED) is 0.831. The summed E-state index contributed by atoms with van der Waals surface area (Å²) < 4.78 is 6.42. The number of amides is 1. The van der Waals surface area contributed by atoms with Gasteiger partial charge in [0.1, 0.15) is 5.56 Å². The summed E-state index contributed by atoms with van der Waals surface area (Å²) in [5, 5.41) is 6.83. The third-order valence-electron chi connectivity index (χ3n) is 2.94. The molecule has 2 aromatic rings. The Morgan fingerprint density at radius 1 is 1.38 bits per heavy atom. The molecule has 0 radical (unpaired) electrons. The van der Waals surface area contributed by atoms with Crippen molar-refractivity contribution in [2.75, 3.05) is 13.2 Å². The summed E-state index contributed by atoms with van der Waals surface area (Å²) in [4.78, 5) is 27.7. The Hall–Kier alpha value is -2.44. The molecule has 0 aliphatic rings. The van der Waals surface area contributed by atoms with Gasteiger partial charge in [-0.15, -0.1) is 0 Å². The number of nitrogens with zero attached hydrogens (tertiary/aromatic N) is 3. The molecule has 2 aromatic heterocycles. The summed E-state index contributed by atoms with van der Waals surface area (Å²) >= 11 is 0. The van der Waals surface area contributed by atoms with Gasteiger partial charge >= 0.3 is 5.97 Å². The highest BCUT2D eigenvalue weighted by Gasteiger charge is 2.15. The molecule has 0 aliphatic heterocycles. The van der Waals surface area contributed by atoms with Gasteiger partial charge in [0.25, 0.3) is 5.91 Å². The maximum absolute atomic E-state index is 12.1. The number of hydrogen-bond acceptors (Lipinski definition) is 5. The molecule has 0 saturated heterocycles. The van der Waals surface area contributed by atoms with Crippen LogP contribution in [0.2, 0.25) is 0 Å². The third-order valence-corrected chi connectivity index (χ3v) is 2.94. The van der Waals surface area contributed by atoms with Gasteiger partial charge in [-0.3, -0.25) is 9.59 Å². The fourth-order valence-electron chi connectivity index (χ4n) is 2.04. The van der Waals surface area contributed by atoms with Crippen LogP contribution in [0.3, 0.4) is 0 Å². The minimum Gasteiger partial charge on any atom is -0.466 e. The third kappa shape index (κ3) is 3.36. The molecular weight excluding hydrogens is 272 g/mol. The molecule has 1 amide bonds. The van der Waals surface area contributed by atoms with Crippen molar-refractivity contribution in [1.82, 2.24) is 19.9 Å². The number of aromatic nitrogens is 3. The fraction of sp³-hybridized carbons (Fsp3) is 0.429. The highest BCUT2D eigenvalue weighted by molar-refractivity contribution is 5.99. The Kier molecular flexibility index (Phi) is 4.52. The molecule has 7 nitrogen and oxygen atoms in total. The van der Waals surface area contributed by atoms with Crippen molar-refractivity contribution >= 4 is 17.5 Å². The fourth-order valence-corrected chi connectivity index (χ4v) is 2.04. The molecular formula is C14H18N4O3. The Balaban J connectivity index is 2.08. The number of rotatable bonds is 5. The summed E-state index contributed by atoms with van der Waals surface area (Å²) in [5.74, 6) is -0.630. The summed E-state index contributed by atoms with van der Waals surface area (Å²) in [6.07, 6.45) is 1.62. The van der Waals surface area contributed by atoms with E-state index in [4.69, 9.17) is 4.74 Å². The lowest BCUT2D eigenvalue weighted by Crippen LogP contribution is -2.26. The van der Waals surface area contributed by atoms with Crippen LogP contribution in [0.25, 0.3) is 5.65 Å². The van der Waals surface area contributed by atoms with Gasteiger partial charge in [0, 0.05) is 17.9 Å². The van der Waals surface area contributed by atoms with Gasteiger partial charge in [-0.05, 0) is 26.8 Å². The highest BCUT2D eigenvalue weighted by atomic mass is 16.5. The number of nitrogens with one attached hydrogen (secondary N) is 1. The Bertz CT molecular complexity index is 678. The van der Waals surface area contributed by atoms with Crippen LogP contribution in [-0.4, -0.2) is 39.6 Å². The summed E-state index contributed by atoms with van der Waals surface area (Å²) in [6, 6.07) is 1.89. The van der Waals surface area contributed by atoms with Crippen LogP contribution < -0.4 is 5.32 Å². The molecule has 0 saturated carbocycles. The van der Waals surface area contributed by atoms with Crippen molar-refractivity contribution in [3.8, 4) is 0 Å². The number of carbonyl (C=O) groups excluding carboxylic acids is 2. The molecule has 0 spiro atoms. The highest BCUT2D eigenvalue weighted by Crippen LogP contribution is 2.11. The first-order valence-corrected chi connectivity index (χ1v) is 6.78. The van der Waals surface area contributed by atoms with Crippen LogP contribution in [0.5, 0.6) is 0 Å². The van der Waals surface area contributed by atoms with Crippen LogP contribution in [0.4, 0.5) is 0 Å². The van der Waals surface area contributed by atoms with Gasteiger partial charge in [0.15, 0.2) is 5.65 Å². The van der Waals surface area contributed by atoms with E-state index in [0.29, 0.717) is 17.8 Å². The van der Waals surface area contributed by atoms with E-state index in [0.717, 1.165) is 11.4 Å². The van der Waals surface area contributed by atoms with E-state index in [2.05, 4.69) is 15.4 Å². The van der Waals surface area contributed by atoms with Crippen molar-refractivity contribution in [2.45, 2.75) is 27.2 Å². The van der Waals surface area contributed by atoms with Crippen LogP contribution in [-0.2, 0) is 9.53 Å². The molecule has 2 rings (SSSR count). The van der Waals surface area contributed by atoms with Crippen LogP contribution in [0.15, 0.2) is 12.3 Å². The van der Waals surface area contributed by atoms with E-state index in [1.165, 1.54) is 6.20 Å². The molecule has 0 atom stereocenters. The maximum atomic E-state index is 12.1. The van der Waals surface area contributed by atoms with Crippen LogP contribution in [0, 0.1) is 13.8 Å². The summed E-state index contributed by atoms with van der Waals surface area (Å²) in [6.45, 7) is 6.06. The lowest BCUT2D eigenvalue weighted by atomic mass is 10.3. The zero-order valence-electron chi connectivity index (χ0n) is 12.3. The molecule has 1 N–H and O–H groups in total. The first-order chi connectivity index (χ1) is 10.0. The van der Waals surface area contributed by atoms with Gasteiger partial charge < -0.3 is 10.1 Å². The second-order valence-corrected chi connectivity index (χ2v) is 4.64. The average Bonchev–Trinajstić information content (AvgIpc) is 2.82. The minimum atomic E-state index is -0.331. The lowest BCUT2D eigenvalue weighted by molar-refractivity contribution is -0.142. The predicted molar refractivity (Wildman–Crippen MR) is 76.0 cm³/mol. The first kappa shape index (κ1) is 15.0. The largest absolute Gasteiger partial charge is 0.466 e. The van der Waals surface area contributed by atoms with Crippen LogP contribution >= 0.6 is 0 Å². The number of hydrogen-bond donors (Lipinski definition) is 1. The van der Waals surface area contributed by atoms with Gasteiger partial charge in [0.2, 0.25) is 0 Å². The Labute approximate surface area is 122 Å². The molecule has 21 heavy (non-hydrogen) atoms. The van der Waals surface area contributed by atoms with Gasteiger partial charge in [-0.2, -0.15) is 5.10 Å². The van der Waals surface area contributed by atoms with Crippen molar-refractivity contribution in [3.05, 3.63) is 29.2 Å². The topological polar surface area (TPSA) is 85.6 Å². The normalized spacial score (nSPS) is 10.6. The number of fused-ring (bicyclic) bond motifs is 1. The zero-order chi connectivity index (χ0) is 15.4. The smallest absolute Gasteiger partial charge is 0.307 e. The molecule has 112 valence electrons.